The summed E-state index contributed by atoms with van der Waals surface area (Å²) in [5, 5.41) is 3.39. The molecule has 0 bridgehead atoms. The predicted octanol–water partition coefficient (Wildman–Crippen LogP) is 2.34. The minimum absolute atomic E-state index is 0.133. The first kappa shape index (κ1) is 15.4. The van der Waals surface area contributed by atoms with Crippen molar-refractivity contribution < 1.29 is 4.79 Å². The molecule has 0 atom stereocenters. The lowest BCUT2D eigenvalue weighted by atomic mass is 10.3. The number of carbonyl (C=O) groups is 1. The number of fused-ring (bicyclic) bond motifs is 1. The Hall–Kier alpha value is -2.54. The van der Waals surface area contributed by atoms with Crippen LogP contribution in [0, 0.1) is 0 Å². The first-order valence-electron chi connectivity index (χ1n) is 7.35. The van der Waals surface area contributed by atoms with Crippen LogP contribution < -0.4 is 10.2 Å². The monoisotopic (exact) mass is 327 g/mol. The van der Waals surface area contributed by atoms with Gasteiger partial charge < -0.3 is 10.2 Å². The Bertz CT molecular complexity index is 756. The topological polar surface area (TPSA) is 71.0 Å². The Labute approximate surface area is 138 Å². The summed E-state index contributed by atoms with van der Waals surface area (Å²) in [4.78, 5) is 26.8. The van der Waals surface area contributed by atoms with E-state index in [1.807, 2.05) is 31.3 Å². The van der Waals surface area contributed by atoms with Crippen LogP contribution in [0.3, 0.4) is 0 Å². The van der Waals surface area contributed by atoms with Crippen LogP contribution in [-0.2, 0) is 0 Å². The van der Waals surface area contributed by atoms with Gasteiger partial charge in [-0.2, -0.15) is 0 Å². The van der Waals surface area contributed by atoms with Gasteiger partial charge in [0.1, 0.15) is 11.3 Å². The Balaban J connectivity index is 1.48. The molecule has 23 heavy (non-hydrogen) atoms. The van der Waals surface area contributed by atoms with Crippen molar-refractivity contribution >= 4 is 33.3 Å². The fourth-order valence-corrected chi connectivity index (χ4v) is 3.01. The Morgan fingerprint density at radius 1 is 1.30 bits per heavy atom. The smallest absolute Gasteiger partial charge is 0.280 e. The largest absolute Gasteiger partial charge is 0.360 e. The van der Waals surface area contributed by atoms with E-state index in [0.717, 1.165) is 29.0 Å². The lowest BCUT2D eigenvalue weighted by Gasteiger charge is -2.17. The van der Waals surface area contributed by atoms with Crippen molar-refractivity contribution in [3.05, 3.63) is 47.9 Å². The van der Waals surface area contributed by atoms with E-state index in [1.54, 1.807) is 18.6 Å². The number of pyridine rings is 2. The highest BCUT2D eigenvalue weighted by atomic mass is 32.1. The zero-order chi connectivity index (χ0) is 16.1. The van der Waals surface area contributed by atoms with Gasteiger partial charge in [-0.05, 0) is 24.6 Å². The number of rotatable bonds is 6. The zero-order valence-corrected chi connectivity index (χ0v) is 13.6. The van der Waals surface area contributed by atoms with E-state index in [1.165, 1.54) is 11.3 Å². The molecular formula is C16H17N5OS. The molecule has 0 saturated carbocycles. The van der Waals surface area contributed by atoms with Gasteiger partial charge in [-0.1, -0.05) is 6.07 Å². The SMILES string of the molecule is CN(CCCNC(=O)c1nc2cnccc2s1)c1ccccn1. The maximum Gasteiger partial charge on any atom is 0.280 e. The summed E-state index contributed by atoms with van der Waals surface area (Å²) in [5.41, 5.74) is 0.762. The van der Waals surface area contributed by atoms with E-state index >= 15 is 0 Å². The zero-order valence-electron chi connectivity index (χ0n) is 12.8. The number of amides is 1. The van der Waals surface area contributed by atoms with Crippen LogP contribution >= 0.6 is 11.3 Å². The lowest BCUT2D eigenvalue weighted by Crippen LogP contribution is -2.28. The van der Waals surface area contributed by atoms with E-state index in [4.69, 9.17) is 0 Å². The molecule has 0 unspecified atom stereocenters. The summed E-state index contributed by atoms with van der Waals surface area (Å²) in [6.07, 6.45) is 5.99. The molecule has 1 amide bonds. The highest BCUT2D eigenvalue weighted by molar-refractivity contribution is 7.20. The molecular weight excluding hydrogens is 310 g/mol. The molecule has 0 aliphatic rings. The van der Waals surface area contributed by atoms with Gasteiger partial charge >= 0.3 is 0 Å². The lowest BCUT2D eigenvalue weighted by molar-refractivity contribution is 0.0953. The van der Waals surface area contributed by atoms with Gasteiger partial charge in [0, 0.05) is 32.5 Å². The van der Waals surface area contributed by atoms with Gasteiger partial charge in [-0.15, -0.1) is 11.3 Å². The molecule has 0 saturated heterocycles. The normalized spacial score (nSPS) is 10.7. The highest BCUT2D eigenvalue weighted by Crippen LogP contribution is 2.20. The second-order valence-corrected chi connectivity index (χ2v) is 6.11. The van der Waals surface area contributed by atoms with Crippen LogP contribution in [0.4, 0.5) is 5.82 Å². The third-order valence-corrected chi connectivity index (χ3v) is 4.42. The first-order chi connectivity index (χ1) is 11.2. The predicted molar refractivity (Wildman–Crippen MR) is 91.9 cm³/mol. The van der Waals surface area contributed by atoms with E-state index in [0.29, 0.717) is 11.6 Å². The van der Waals surface area contributed by atoms with Gasteiger partial charge in [0.25, 0.3) is 5.91 Å². The second-order valence-electron chi connectivity index (χ2n) is 5.08. The Morgan fingerprint density at radius 3 is 3.00 bits per heavy atom. The van der Waals surface area contributed by atoms with Crippen molar-refractivity contribution in [3.63, 3.8) is 0 Å². The summed E-state index contributed by atoms with van der Waals surface area (Å²) in [7, 11) is 1.99. The van der Waals surface area contributed by atoms with Gasteiger partial charge in [0.15, 0.2) is 5.01 Å². The molecule has 7 heteroatoms. The number of hydrogen-bond acceptors (Lipinski definition) is 6. The summed E-state index contributed by atoms with van der Waals surface area (Å²) < 4.78 is 0.972. The third-order valence-electron chi connectivity index (χ3n) is 3.38. The fourth-order valence-electron chi connectivity index (χ4n) is 2.16. The molecule has 0 aromatic carbocycles. The van der Waals surface area contributed by atoms with Crippen LogP contribution in [0.25, 0.3) is 10.2 Å². The van der Waals surface area contributed by atoms with Gasteiger partial charge in [-0.3, -0.25) is 9.78 Å². The number of nitrogens with one attached hydrogen (secondary N) is 1. The molecule has 3 heterocycles. The average molecular weight is 327 g/mol. The number of anilines is 1. The fraction of sp³-hybridized carbons (Fsp3) is 0.250. The number of nitrogens with zero attached hydrogens (tertiary/aromatic N) is 4. The van der Waals surface area contributed by atoms with Crippen molar-refractivity contribution in [2.45, 2.75) is 6.42 Å². The van der Waals surface area contributed by atoms with Crippen LogP contribution in [0.1, 0.15) is 16.2 Å². The van der Waals surface area contributed by atoms with E-state index in [9.17, 15) is 4.79 Å². The minimum Gasteiger partial charge on any atom is -0.360 e. The number of aromatic nitrogens is 3. The molecule has 1 N–H and O–H groups in total. The van der Waals surface area contributed by atoms with Crippen LogP contribution in [-0.4, -0.2) is 41.0 Å². The quantitative estimate of drug-likeness (QED) is 0.704. The molecule has 118 valence electrons. The van der Waals surface area contributed by atoms with E-state index in [-0.39, 0.29) is 5.91 Å². The van der Waals surface area contributed by atoms with Crippen LogP contribution in [0.5, 0.6) is 0 Å². The first-order valence-corrected chi connectivity index (χ1v) is 8.16. The molecule has 6 nitrogen and oxygen atoms in total. The molecule has 0 radical (unpaired) electrons. The number of hydrogen-bond donors (Lipinski definition) is 1. The van der Waals surface area contributed by atoms with E-state index in [2.05, 4.69) is 25.2 Å². The maximum atomic E-state index is 12.1. The van der Waals surface area contributed by atoms with Gasteiger partial charge in [0.05, 0.1) is 10.9 Å². The number of thiazole rings is 1. The summed E-state index contributed by atoms with van der Waals surface area (Å²) in [6, 6.07) is 7.69. The average Bonchev–Trinajstić information content (AvgIpc) is 3.03. The standard InChI is InChI=1S/C16H17N5OS/c1-21(14-5-2-3-7-18-14)10-4-8-19-15(22)16-20-12-11-17-9-6-13(12)23-16/h2-3,5-7,9,11H,4,8,10H2,1H3,(H,19,22). The van der Waals surface area contributed by atoms with Crippen molar-refractivity contribution in [1.82, 2.24) is 20.3 Å². The molecule has 0 fully saturated rings. The van der Waals surface area contributed by atoms with Crippen molar-refractivity contribution in [2.24, 2.45) is 0 Å². The summed E-state index contributed by atoms with van der Waals surface area (Å²) in [5.74, 6) is 0.796. The molecule has 3 aromatic heterocycles. The Morgan fingerprint density at radius 2 is 2.22 bits per heavy atom. The van der Waals surface area contributed by atoms with Crippen LogP contribution in [0.15, 0.2) is 42.9 Å². The summed E-state index contributed by atoms with van der Waals surface area (Å²) >= 11 is 1.38. The van der Waals surface area contributed by atoms with E-state index < -0.39 is 0 Å². The van der Waals surface area contributed by atoms with Crippen molar-refractivity contribution in [1.29, 1.82) is 0 Å². The highest BCUT2D eigenvalue weighted by Gasteiger charge is 2.11. The van der Waals surface area contributed by atoms with Gasteiger partial charge in [0.2, 0.25) is 0 Å². The molecule has 0 aliphatic heterocycles. The number of carbonyl (C=O) groups excluding carboxylic acids is 1. The van der Waals surface area contributed by atoms with Crippen molar-refractivity contribution in [3.8, 4) is 0 Å². The molecule has 3 aromatic rings. The maximum absolute atomic E-state index is 12.1. The Kier molecular flexibility index (Phi) is 4.77. The summed E-state index contributed by atoms with van der Waals surface area (Å²) in [6.45, 7) is 1.42. The third kappa shape index (κ3) is 3.81. The molecule has 3 rings (SSSR count). The van der Waals surface area contributed by atoms with Crippen LogP contribution in [0.2, 0.25) is 0 Å². The van der Waals surface area contributed by atoms with Gasteiger partial charge in [-0.25, -0.2) is 9.97 Å². The van der Waals surface area contributed by atoms with Crippen molar-refractivity contribution in [2.75, 3.05) is 25.0 Å². The second kappa shape index (κ2) is 7.15. The minimum atomic E-state index is -0.133. The molecule has 0 aliphatic carbocycles. The molecule has 0 spiro atoms.